The largest absolute Gasteiger partial charge is 0.416 e. The number of rotatable bonds is 3. The van der Waals surface area contributed by atoms with E-state index in [9.17, 15) is 18.0 Å². The molecule has 0 aliphatic rings. The van der Waals surface area contributed by atoms with Crippen LogP contribution in [0.3, 0.4) is 0 Å². The maximum atomic E-state index is 12.4. The van der Waals surface area contributed by atoms with E-state index in [0.29, 0.717) is 12.2 Å². The third-order valence-electron chi connectivity index (χ3n) is 2.76. The first-order valence-electron chi connectivity index (χ1n) is 5.65. The number of imidazole rings is 1. The Morgan fingerprint density at radius 1 is 1.26 bits per heavy atom. The number of hydrogen-bond acceptors (Lipinski definition) is 2. The maximum absolute atomic E-state index is 12.4. The summed E-state index contributed by atoms with van der Waals surface area (Å²) in [6.07, 6.45) is -1.48. The molecule has 100 valence electrons. The van der Waals surface area contributed by atoms with Gasteiger partial charge in [0.25, 0.3) is 0 Å². The summed E-state index contributed by atoms with van der Waals surface area (Å²) in [4.78, 5) is 16.0. The monoisotopic (exact) mass is 268 g/mol. The smallest absolute Gasteiger partial charge is 0.328 e. The molecule has 19 heavy (non-hydrogen) atoms. The van der Waals surface area contributed by atoms with Crippen molar-refractivity contribution in [3.8, 4) is 0 Å². The standard InChI is InChI=1S/C13H11F3N2O/c1-2-18-8-17-7-11(18)12(19)9-3-5-10(6-4-9)13(14,15)16/h3-8H,2H2,1H3. The highest BCUT2D eigenvalue weighted by Gasteiger charge is 2.30. The Kier molecular flexibility index (Phi) is 3.42. The van der Waals surface area contributed by atoms with Crippen LogP contribution < -0.4 is 0 Å². The summed E-state index contributed by atoms with van der Waals surface area (Å²) in [7, 11) is 0. The molecule has 0 bridgehead atoms. The van der Waals surface area contributed by atoms with Crippen molar-refractivity contribution in [3.63, 3.8) is 0 Å². The van der Waals surface area contributed by atoms with Gasteiger partial charge in [0.1, 0.15) is 5.69 Å². The van der Waals surface area contributed by atoms with Crippen molar-refractivity contribution in [2.45, 2.75) is 19.6 Å². The molecule has 0 unspecified atom stereocenters. The number of carbonyl (C=O) groups excluding carboxylic acids is 1. The number of hydrogen-bond donors (Lipinski definition) is 0. The van der Waals surface area contributed by atoms with E-state index in [2.05, 4.69) is 4.98 Å². The number of aromatic nitrogens is 2. The minimum Gasteiger partial charge on any atom is -0.328 e. The second kappa shape index (κ2) is 4.87. The first-order chi connectivity index (χ1) is 8.93. The van der Waals surface area contributed by atoms with Crippen LogP contribution in [0.1, 0.15) is 28.5 Å². The van der Waals surface area contributed by atoms with Crippen molar-refractivity contribution in [3.05, 3.63) is 53.6 Å². The quantitative estimate of drug-likeness (QED) is 0.801. The Balaban J connectivity index is 2.30. The molecular formula is C13H11F3N2O. The third-order valence-corrected chi connectivity index (χ3v) is 2.76. The zero-order chi connectivity index (χ0) is 14.0. The Morgan fingerprint density at radius 3 is 2.42 bits per heavy atom. The van der Waals surface area contributed by atoms with Gasteiger partial charge in [0, 0.05) is 12.1 Å². The summed E-state index contributed by atoms with van der Waals surface area (Å²) in [6.45, 7) is 2.42. The lowest BCUT2D eigenvalue weighted by Crippen LogP contribution is -2.10. The average Bonchev–Trinajstić information content (AvgIpc) is 2.85. The number of carbonyl (C=O) groups is 1. The summed E-state index contributed by atoms with van der Waals surface area (Å²) < 4.78 is 38.9. The van der Waals surface area contributed by atoms with Gasteiger partial charge in [-0.15, -0.1) is 0 Å². The van der Waals surface area contributed by atoms with Crippen LogP contribution in [0.25, 0.3) is 0 Å². The molecule has 0 amide bonds. The Morgan fingerprint density at radius 2 is 1.89 bits per heavy atom. The molecule has 1 aromatic carbocycles. The lowest BCUT2D eigenvalue weighted by atomic mass is 10.1. The summed E-state index contributed by atoms with van der Waals surface area (Å²) in [6, 6.07) is 4.16. The molecule has 2 aromatic rings. The highest BCUT2D eigenvalue weighted by atomic mass is 19.4. The van der Waals surface area contributed by atoms with E-state index in [0.717, 1.165) is 12.1 Å². The van der Waals surface area contributed by atoms with E-state index in [4.69, 9.17) is 0 Å². The molecule has 0 atom stereocenters. The lowest BCUT2D eigenvalue weighted by Gasteiger charge is -2.08. The van der Waals surface area contributed by atoms with Crippen molar-refractivity contribution in [2.75, 3.05) is 0 Å². The lowest BCUT2D eigenvalue weighted by molar-refractivity contribution is -0.137. The topological polar surface area (TPSA) is 34.9 Å². The zero-order valence-corrected chi connectivity index (χ0v) is 10.1. The molecule has 0 aliphatic carbocycles. The molecule has 1 aromatic heterocycles. The number of nitrogens with zero attached hydrogens (tertiary/aromatic N) is 2. The van der Waals surface area contributed by atoms with Crippen LogP contribution in [-0.2, 0) is 12.7 Å². The van der Waals surface area contributed by atoms with Gasteiger partial charge in [0.2, 0.25) is 5.78 Å². The van der Waals surface area contributed by atoms with E-state index in [1.165, 1.54) is 24.7 Å². The number of halogens is 3. The molecule has 1 heterocycles. The first-order valence-corrected chi connectivity index (χ1v) is 5.65. The van der Waals surface area contributed by atoms with Crippen LogP contribution in [0, 0.1) is 0 Å². The van der Waals surface area contributed by atoms with E-state index in [1.54, 1.807) is 4.57 Å². The second-order valence-electron chi connectivity index (χ2n) is 3.97. The van der Waals surface area contributed by atoms with Crippen molar-refractivity contribution < 1.29 is 18.0 Å². The van der Waals surface area contributed by atoms with Crippen LogP contribution in [0.2, 0.25) is 0 Å². The fourth-order valence-corrected chi connectivity index (χ4v) is 1.72. The van der Waals surface area contributed by atoms with E-state index >= 15 is 0 Å². The van der Waals surface area contributed by atoms with Gasteiger partial charge in [-0.1, -0.05) is 12.1 Å². The molecule has 0 saturated carbocycles. The second-order valence-corrected chi connectivity index (χ2v) is 3.97. The van der Waals surface area contributed by atoms with Gasteiger partial charge in [0.05, 0.1) is 18.1 Å². The number of benzene rings is 1. The van der Waals surface area contributed by atoms with Crippen molar-refractivity contribution in [2.24, 2.45) is 0 Å². The molecule has 0 aliphatic heterocycles. The summed E-state index contributed by atoms with van der Waals surface area (Å²) in [5.41, 5.74) is -0.196. The predicted molar refractivity (Wildman–Crippen MR) is 62.8 cm³/mol. The zero-order valence-electron chi connectivity index (χ0n) is 10.1. The van der Waals surface area contributed by atoms with Crippen LogP contribution in [0.5, 0.6) is 0 Å². The molecule has 0 saturated heterocycles. The fraction of sp³-hybridized carbons (Fsp3) is 0.231. The minimum absolute atomic E-state index is 0.211. The van der Waals surface area contributed by atoms with Crippen molar-refractivity contribution in [1.29, 1.82) is 0 Å². The molecule has 0 spiro atoms. The van der Waals surface area contributed by atoms with Gasteiger partial charge < -0.3 is 4.57 Å². The minimum atomic E-state index is -4.40. The van der Waals surface area contributed by atoms with Gasteiger partial charge >= 0.3 is 6.18 Å². The van der Waals surface area contributed by atoms with Gasteiger partial charge in [-0.3, -0.25) is 4.79 Å². The first kappa shape index (κ1) is 13.3. The SMILES string of the molecule is CCn1cncc1C(=O)c1ccc(C(F)(F)F)cc1. The van der Waals surface area contributed by atoms with Crippen molar-refractivity contribution in [1.82, 2.24) is 9.55 Å². The maximum Gasteiger partial charge on any atom is 0.416 e. The van der Waals surface area contributed by atoms with Crippen LogP contribution in [0.4, 0.5) is 13.2 Å². The molecule has 0 fully saturated rings. The van der Waals surface area contributed by atoms with Crippen LogP contribution in [0.15, 0.2) is 36.8 Å². The molecular weight excluding hydrogens is 257 g/mol. The predicted octanol–water partition coefficient (Wildman–Crippen LogP) is 3.15. The van der Waals surface area contributed by atoms with Crippen LogP contribution >= 0.6 is 0 Å². The summed E-state index contributed by atoms with van der Waals surface area (Å²) in [5, 5.41) is 0. The van der Waals surface area contributed by atoms with Crippen LogP contribution in [-0.4, -0.2) is 15.3 Å². The Hall–Kier alpha value is -2.11. The molecule has 3 nitrogen and oxygen atoms in total. The van der Waals surface area contributed by atoms with Gasteiger partial charge in [-0.2, -0.15) is 13.2 Å². The molecule has 2 rings (SSSR count). The number of aryl methyl sites for hydroxylation is 1. The van der Waals surface area contributed by atoms with E-state index in [-0.39, 0.29) is 11.3 Å². The van der Waals surface area contributed by atoms with Gasteiger partial charge in [-0.25, -0.2) is 4.98 Å². The summed E-state index contributed by atoms with van der Waals surface area (Å²) in [5.74, 6) is -0.340. The highest BCUT2D eigenvalue weighted by molar-refractivity contribution is 6.07. The number of alkyl halides is 3. The van der Waals surface area contributed by atoms with E-state index < -0.39 is 11.7 Å². The molecule has 6 heteroatoms. The molecule has 0 N–H and O–H groups in total. The van der Waals surface area contributed by atoms with Crippen molar-refractivity contribution >= 4 is 5.78 Å². The Bertz CT molecular complexity index is 585. The van der Waals surface area contributed by atoms with Gasteiger partial charge in [0.15, 0.2) is 0 Å². The Labute approximate surface area is 107 Å². The fourth-order valence-electron chi connectivity index (χ4n) is 1.72. The third kappa shape index (κ3) is 2.67. The van der Waals surface area contributed by atoms with Gasteiger partial charge in [-0.05, 0) is 19.1 Å². The van der Waals surface area contributed by atoms with E-state index in [1.807, 2.05) is 6.92 Å². The normalized spacial score (nSPS) is 11.6. The number of ketones is 1. The highest BCUT2D eigenvalue weighted by Crippen LogP contribution is 2.29. The average molecular weight is 268 g/mol. The summed E-state index contributed by atoms with van der Waals surface area (Å²) >= 11 is 0. The molecule has 0 radical (unpaired) electrons.